The number of hydrogen-bond donors (Lipinski definition) is 2. The Labute approximate surface area is 82.6 Å². The summed E-state index contributed by atoms with van der Waals surface area (Å²) in [5.74, 6) is 0.226. The average molecular weight is 216 g/mol. The highest BCUT2D eigenvalue weighted by molar-refractivity contribution is 8.40. The molecule has 0 aromatic rings. The summed E-state index contributed by atoms with van der Waals surface area (Å²) in [6.07, 6.45) is 0. The van der Waals surface area contributed by atoms with Crippen LogP contribution in [-0.2, 0) is 4.57 Å². The van der Waals surface area contributed by atoms with Crippen molar-refractivity contribution in [3.8, 4) is 12.1 Å². The van der Waals surface area contributed by atoms with Gasteiger partial charge in [-0.3, -0.25) is 4.57 Å². The number of hydrogen-bond acceptors (Lipinski definition) is 4. The third-order valence-electron chi connectivity index (χ3n) is 1.13. The molecule has 0 bridgehead atoms. The third kappa shape index (κ3) is 3.89. The van der Waals surface area contributed by atoms with Crippen LogP contribution in [0.3, 0.4) is 0 Å². The first-order chi connectivity index (χ1) is 6.02. The van der Waals surface area contributed by atoms with E-state index in [1.54, 1.807) is 26.2 Å². The second kappa shape index (κ2) is 5.53. The minimum absolute atomic E-state index is 0.114. The van der Waals surface area contributed by atoms with Crippen LogP contribution in [0.15, 0.2) is 11.4 Å². The molecule has 1 N–H and O–H groups in total. The standard InChI is InChI=1S/C6H9N4OPS/c1-10(2)6(9-12(11)13)5(3-7)4-8/h12H,1-2H3,(H2,9,11,13). The van der Waals surface area contributed by atoms with E-state index in [0.29, 0.717) is 0 Å². The number of nitrogens with one attached hydrogen (secondary N) is 1. The normalized spacial score (nSPS) is 10.5. The van der Waals surface area contributed by atoms with Crippen molar-refractivity contribution in [1.29, 1.82) is 10.5 Å². The van der Waals surface area contributed by atoms with Gasteiger partial charge in [0.25, 0.3) is 0 Å². The van der Waals surface area contributed by atoms with Crippen molar-refractivity contribution >= 4 is 19.4 Å². The predicted molar refractivity (Wildman–Crippen MR) is 53.1 cm³/mol. The first-order valence-corrected chi connectivity index (χ1v) is 5.94. The summed E-state index contributed by atoms with van der Waals surface area (Å²) in [5, 5.41) is 19.5. The molecule has 0 saturated carbocycles. The Hall–Kier alpha value is -1.10. The molecule has 0 saturated heterocycles. The van der Waals surface area contributed by atoms with Crippen molar-refractivity contribution in [2.45, 2.75) is 0 Å². The first kappa shape index (κ1) is 11.9. The lowest BCUT2D eigenvalue weighted by molar-refractivity contribution is 0.486. The monoisotopic (exact) mass is 216 g/mol. The van der Waals surface area contributed by atoms with Crippen molar-refractivity contribution in [3.63, 3.8) is 0 Å². The largest absolute Gasteiger partial charge is 0.363 e. The predicted octanol–water partition coefficient (Wildman–Crippen LogP) is 0.716. The molecule has 0 aromatic heterocycles. The molecule has 1 unspecified atom stereocenters. The van der Waals surface area contributed by atoms with Gasteiger partial charge in [-0.2, -0.15) is 10.5 Å². The van der Waals surface area contributed by atoms with Crippen LogP contribution in [0.1, 0.15) is 0 Å². The van der Waals surface area contributed by atoms with Gasteiger partial charge in [-0.25, -0.2) is 0 Å². The first-order valence-electron chi connectivity index (χ1n) is 3.24. The van der Waals surface area contributed by atoms with Crippen molar-refractivity contribution in [2.75, 3.05) is 14.1 Å². The van der Waals surface area contributed by atoms with Crippen molar-refractivity contribution in [3.05, 3.63) is 11.4 Å². The van der Waals surface area contributed by atoms with E-state index in [4.69, 9.17) is 10.5 Å². The van der Waals surface area contributed by atoms with Crippen LogP contribution in [0.2, 0.25) is 0 Å². The zero-order valence-electron chi connectivity index (χ0n) is 7.20. The van der Waals surface area contributed by atoms with Gasteiger partial charge in [0.1, 0.15) is 18.0 Å². The third-order valence-corrected chi connectivity index (χ3v) is 1.92. The Kier molecular flexibility index (Phi) is 5.06. The summed E-state index contributed by atoms with van der Waals surface area (Å²) in [6.45, 7) is 0. The van der Waals surface area contributed by atoms with Crippen LogP contribution in [0.25, 0.3) is 0 Å². The maximum absolute atomic E-state index is 10.8. The quantitative estimate of drug-likeness (QED) is 0.412. The lowest BCUT2D eigenvalue weighted by Gasteiger charge is -2.16. The summed E-state index contributed by atoms with van der Waals surface area (Å²) < 4.78 is 10.8. The highest BCUT2D eigenvalue weighted by Gasteiger charge is 2.08. The molecule has 0 heterocycles. The van der Waals surface area contributed by atoms with E-state index >= 15 is 0 Å². The fourth-order valence-corrected chi connectivity index (χ4v) is 1.50. The smallest absolute Gasteiger partial charge is 0.210 e. The number of allylic oxidation sites excluding steroid dienone is 1. The molecule has 0 aromatic carbocycles. The zero-order valence-corrected chi connectivity index (χ0v) is 9.09. The van der Waals surface area contributed by atoms with E-state index in [0.717, 1.165) is 0 Å². The van der Waals surface area contributed by atoms with Gasteiger partial charge in [0.2, 0.25) is 7.15 Å². The Morgan fingerprint density at radius 3 is 2.15 bits per heavy atom. The lowest BCUT2D eigenvalue weighted by Crippen LogP contribution is -2.21. The van der Waals surface area contributed by atoms with Crippen LogP contribution < -0.4 is 5.09 Å². The van der Waals surface area contributed by atoms with E-state index < -0.39 is 7.15 Å². The van der Waals surface area contributed by atoms with Crippen molar-refractivity contribution in [1.82, 2.24) is 9.99 Å². The highest BCUT2D eigenvalue weighted by Crippen LogP contribution is 2.23. The molecule has 0 amide bonds. The molecule has 5 nitrogen and oxygen atoms in total. The molecule has 0 radical (unpaired) electrons. The van der Waals surface area contributed by atoms with Gasteiger partial charge in [-0.05, 0) is 0 Å². The van der Waals surface area contributed by atoms with E-state index in [9.17, 15) is 4.57 Å². The van der Waals surface area contributed by atoms with Crippen molar-refractivity contribution < 1.29 is 4.57 Å². The van der Waals surface area contributed by atoms with Crippen LogP contribution >= 0.6 is 19.4 Å². The molecule has 0 spiro atoms. The summed E-state index contributed by atoms with van der Waals surface area (Å²) >= 11 is 3.66. The summed E-state index contributed by atoms with van der Waals surface area (Å²) in [7, 11) is 1.02. The molecule has 0 aliphatic heterocycles. The minimum Gasteiger partial charge on any atom is -0.363 e. The maximum Gasteiger partial charge on any atom is 0.210 e. The molecule has 0 aliphatic carbocycles. The number of rotatable bonds is 3. The SMILES string of the molecule is CN(C)C(N[PH](=O)S)=C(C#N)C#N. The fourth-order valence-electron chi connectivity index (χ4n) is 0.630. The second-order valence-corrected chi connectivity index (χ2v) is 4.35. The van der Waals surface area contributed by atoms with E-state index in [2.05, 4.69) is 17.3 Å². The molecule has 0 aliphatic rings. The summed E-state index contributed by atoms with van der Waals surface area (Å²) in [4.78, 5) is 1.50. The number of nitrogens with zero attached hydrogens (tertiary/aromatic N) is 3. The average Bonchev–Trinajstić information content (AvgIpc) is 2.04. The minimum atomic E-state index is -2.25. The Balaban J connectivity index is 5.03. The van der Waals surface area contributed by atoms with Gasteiger partial charge in [-0.1, -0.05) is 12.2 Å². The van der Waals surface area contributed by atoms with Gasteiger partial charge >= 0.3 is 0 Å². The fraction of sp³-hybridized carbons (Fsp3) is 0.333. The van der Waals surface area contributed by atoms with E-state index in [1.165, 1.54) is 4.90 Å². The summed E-state index contributed by atoms with van der Waals surface area (Å²) in [6, 6.07) is 3.39. The molecular formula is C6H9N4OPS. The molecular weight excluding hydrogens is 207 g/mol. The highest BCUT2D eigenvalue weighted by atomic mass is 32.7. The molecule has 7 heteroatoms. The summed E-state index contributed by atoms with van der Waals surface area (Å²) in [5.41, 5.74) is -0.114. The Morgan fingerprint density at radius 2 is 1.92 bits per heavy atom. The molecule has 0 fully saturated rings. The molecule has 13 heavy (non-hydrogen) atoms. The second-order valence-electron chi connectivity index (χ2n) is 2.27. The van der Waals surface area contributed by atoms with Gasteiger partial charge in [-0.15, -0.1) is 0 Å². The number of nitriles is 2. The number of thiol groups is 1. The van der Waals surface area contributed by atoms with Crippen molar-refractivity contribution in [2.24, 2.45) is 0 Å². The van der Waals surface area contributed by atoms with E-state index in [-0.39, 0.29) is 11.4 Å². The molecule has 70 valence electrons. The van der Waals surface area contributed by atoms with E-state index in [1.807, 2.05) is 0 Å². The van der Waals surface area contributed by atoms with Gasteiger partial charge in [0.05, 0.1) is 0 Å². The van der Waals surface area contributed by atoms with Crippen LogP contribution in [0, 0.1) is 22.7 Å². The van der Waals surface area contributed by atoms with Crippen LogP contribution in [0.5, 0.6) is 0 Å². The Morgan fingerprint density at radius 1 is 1.46 bits per heavy atom. The van der Waals surface area contributed by atoms with Gasteiger partial charge in [0.15, 0.2) is 5.57 Å². The topological polar surface area (TPSA) is 79.9 Å². The van der Waals surface area contributed by atoms with Crippen LogP contribution in [0.4, 0.5) is 0 Å². The zero-order chi connectivity index (χ0) is 10.4. The molecule has 1 atom stereocenters. The van der Waals surface area contributed by atoms with Crippen LogP contribution in [-0.4, -0.2) is 19.0 Å². The maximum atomic E-state index is 10.8. The molecule has 0 rings (SSSR count). The lowest BCUT2D eigenvalue weighted by atomic mass is 10.3. The Bertz CT molecular complexity index is 309. The van der Waals surface area contributed by atoms with Gasteiger partial charge < -0.3 is 9.99 Å². The van der Waals surface area contributed by atoms with Gasteiger partial charge in [0, 0.05) is 14.1 Å².